The molecule has 2 fully saturated rings. The molecule has 0 bridgehead atoms. The minimum atomic E-state index is -3.39. The number of imide groups is 1. The van der Waals surface area contributed by atoms with Crippen molar-refractivity contribution in [1.82, 2.24) is 15.1 Å². The van der Waals surface area contributed by atoms with Crippen molar-refractivity contribution in [3.63, 3.8) is 0 Å². The third kappa shape index (κ3) is 12.8. The van der Waals surface area contributed by atoms with E-state index in [4.69, 9.17) is 5.14 Å². The molecule has 1 aromatic carbocycles. The molecule has 3 N–H and O–H groups in total. The number of hydrogen-bond donors (Lipinski definition) is 2. The summed E-state index contributed by atoms with van der Waals surface area (Å²) in [7, 11) is -3.39. The van der Waals surface area contributed by atoms with Crippen LogP contribution in [0.3, 0.4) is 0 Å². The minimum absolute atomic E-state index is 0.0235. The average Bonchev–Trinajstić information content (AvgIpc) is 3.76. The van der Waals surface area contributed by atoms with Crippen molar-refractivity contribution in [2.24, 2.45) is 5.14 Å². The summed E-state index contributed by atoms with van der Waals surface area (Å²) in [5.41, 5.74) is 1.63. The van der Waals surface area contributed by atoms with E-state index in [1.54, 1.807) is 6.08 Å². The van der Waals surface area contributed by atoms with Crippen molar-refractivity contribution in [3.05, 3.63) is 71.2 Å². The van der Waals surface area contributed by atoms with Crippen LogP contribution >= 0.6 is 11.9 Å². The molecule has 0 atom stereocenters. The van der Waals surface area contributed by atoms with Gasteiger partial charge in [-0.15, -0.1) is 0 Å². The van der Waals surface area contributed by atoms with Crippen molar-refractivity contribution in [2.75, 3.05) is 32.4 Å². The molecule has 1 aliphatic carbocycles. The Bertz CT molecular complexity index is 1120. The third-order valence-corrected chi connectivity index (χ3v) is 8.98. The van der Waals surface area contributed by atoms with Crippen LogP contribution in [-0.2, 0) is 21.1 Å². The molecule has 1 saturated carbocycles. The second-order valence-electron chi connectivity index (χ2n) is 10.7. The van der Waals surface area contributed by atoms with Gasteiger partial charge in [0, 0.05) is 30.1 Å². The quantitative estimate of drug-likeness (QED) is 0.192. The Morgan fingerprint density at radius 1 is 1.23 bits per heavy atom. The number of benzene rings is 1. The molecule has 1 heterocycles. The van der Waals surface area contributed by atoms with Gasteiger partial charge in [-0.2, -0.15) is 0 Å². The first-order chi connectivity index (χ1) is 19.0. The number of urea groups is 1. The number of rotatable bonds is 13. The van der Waals surface area contributed by atoms with Crippen molar-refractivity contribution < 1.29 is 18.0 Å². The van der Waals surface area contributed by atoms with Gasteiger partial charge in [0.2, 0.25) is 6.41 Å². The lowest BCUT2D eigenvalue weighted by atomic mass is 9.89. The van der Waals surface area contributed by atoms with Gasteiger partial charge in [-0.25, -0.2) is 13.2 Å². The summed E-state index contributed by atoms with van der Waals surface area (Å²) in [5.74, 6) is 0. The zero-order valence-electron chi connectivity index (χ0n) is 24.2. The molecule has 1 saturated heterocycles. The second-order valence-corrected chi connectivity index (χ2v) is 13.8. The lowest BCUT2D eigenvalue weighted by molar-refractivity contribution is -0.115. The number of nitrogens with zero attached hydrogens (tertiary/aromatic N) is 2. The topological polar surface area (TPSA) is 113 Å². The highest BCUT2D eigenvalue weighted by atomic mass is 32.2. The molecule has 3 amide bonds. The van der Waals surface area contributed by atoms with Gasteiger partial charge in [-0.3, -0.25) is 14.8 Å². The van der Waals surface area contributed by atoms with Crippen LogP contribution in [0.25, 0.3) is 0 Å². The Morgan fingerprint density at radius 2 is 1.88 bits per heavy atom. The van der Waals surface area contributed by atoms with Gasteiger partial charge in [0.25, 0.3) is 0 Å². The first-order valence-electron chi connectivity index (χ1n) is 13.9. The molecular weight excluding hydrogens is 544 g/mol. The lowest BCUT2D eigenvalue weighted by Crippen LogP contribution is -2.56. The summed E-state index contributed by atoms with van der Waals surface area (Å²) in [5, 5.41) is 9.03. The maximum Gasteiger partial charge on any atom is 0.324 e. The van der Waals surface area contributed by atoms with Crippen molar-refractivity contribution in [3.8, 4) is 0 Å². The molecule has 222 valence electrons. The number of hydrogen-bond acceptors (Lipinski definition) is 7. The SMILES string of the molecule is C=C(/C=C\C(=C/CC)CN(C=O)C(=O)NC1(C)CCN(CCCc2ccccc2)CC1)S(C)(=O)=O.NSC1CC1. The first-order valence-corrected chi connectivity index (χ1v) is 16.7. The van der Waals surface area contributed by atoms with Crippen LogP contribution in [0, 0.1) is 0 Å². The summed E-state index contributed by atoms with van der Waals surface area (Å²) in [6.45, 7) is 10.4. The number of aryl methyl sites for hydroxylation is 1. The van der Waals surface area contributed by atoms with Crippen molar-refractivity contribution >= 4 is 34.2 Å². The normalized spacial score (nSPS) is 17.6. The number of likely N-dealkylation sites (tertiary alicyclic amines) is 1. The molecule has 1 aromatic rings. The Kier molecular flexibility index (Phi) is 14.2. The highest BCUT2D eigenvalue weighted by Gasteiger charge is 2.32. The van der Waals surface area contributed by atoms with Gasteiger partial charge in [0.05, 0.1) is 11.4 Å². The highest BCUT2D eigenvalue weighted by molar-refractivity contribution is 7.98. The van der Waals surface area contributed by atoms with Crippen LogP contribution in [0.4, 0.5) is 4.79 Å². The van der Waals surface area contributed by atoms with Crippen molar-refractivity contribution in [1.29, 1.82) is 0 Å². The van der Waals surface area contributed by atoms with Gasteiger partial charge in [-0.05, 0) is 75.6 Å². The Morgan fingerprint density at radius 3 is 2.38 bits per heavy atom. The fraction of sp³-hybridized carbons (Fsp3) is 0.533. The number of piperidine rings is 1. The number of carbonyl (C=O) groups is 2. The molecule has 2 aliphatic rings. The molecule has 0 unspecified atom stereocenters. The molecule has 8 nitrogen and oxygen atoms in total. The van der Waals surface area contributed by atoms with Crippen LogP contribution in [-0.4, -0.2) is 73.9 Å². The summed E-state index contributed by atoms with van der Waals surface area (Å²) < 4.78 is 23.2. The summed E-state index contributed by atoms with van der Waals surface area (Å²) >= 11 is 1.49. The molecule has 0 spiro atoms. The largest absolute Gasteiger partial charge is 0.332 e. The molecular formula is C30H46N4O4S2. The number of carbonyl (C=O) groups excluding carboxylic acids is 2. The standard InChI is InChI=1S/C27H39N3O4S.C3H7NS/c1-5-10-25(15-14-23(2)35(4,33)34)21-30(22-31)26(32)28-27(3)16-19-29(20-17-27)18-9-13-24-11-7-6-8-12-24;4-5-3-1-2-3/h6-8,10-12,14-15,22H,2,5,9,13,16-21H2,1,3-4H3,(H,28,32);3H,1-2,4H2/b15-14-,25-10+;. The zero-order chi connectivity index (χ0) is 29.6. The maximum absolute atomic E-state index is 12.9. The lowest BCUT2D eigenvalue weighted by Gasteiger charge is -2.40. The van der Waals surface area contributed by atoms with E-state index < -0.39 is 15.9 Å². The number of allylic oxidation sites excluding steroid dienone is 2. The number of sulfone groups is 1. The molecule has 0 radical (unpaired) electrons. The monoisotopic (exact) mass is 590 g/mol. The van der Waals surface area contributed by atoms with Gasteiger partial charge >= 0.3 is 6.03 Å². The van der Waals surface area contributed by atoms with Crippen LogP contribution < -0.4 is 10.5 Å². The van der Waals surface area contributed by atoms with Gasteiger partial charge in [0.15, 0.2) is 9.84 Å². The highest BCUT2D eigenvalue weighted by Crippen LogP contribution is 2.29. The van der Waals surface area contributed by atoms with E-state index in [1.165, 1.54) is 36.4 Å². The number of nitrogens with two attached hydrogens (primary N) is 1. The predicted molar refractivity (Wildman–Crippen MR) is 166 cm³/mol. The molecule has 3 rings (SSSR count). The van der Waals surface area contributed by atoms with Gasteiger partial charge < -0.3 is 10.2 Å². The third-order valence-electron chi connectivity index (χ3n) is 7.03. The Hall–Kier alpha value is -2.40. The van der Waals surface area contributed by atoms with E-state index in [9.17, 15) is 18.0 Å². The Labute approximate surface area is 245 Å². The van der Waals surface area contributed by atoms with Gasteiger partial charge in [-0.1, -0.05) is 67.9 Å². The maximum atomic E-state index is 12.9. The van der Waals surface area contributed by atoms with Crippen LogP contribution in [0.2, 0.25) is 0 Å². The van der Waals surface area contributed by atoms with Crippen molar-refractivity contribution in [2.45, 2.75) is 69.6 Å². The molecule has 0 aromatic heterocycles. The number of amides is 3. The summed E-state index contributed by atoms with van der Waals surface area (Å²) in [6.07, 6.45) is 13.6. The van der Waals surface area contributed by atoms with Crippen LogP contribution in [0.1, 0.15) is 57.9 Å². The van der Waals surface area contributed by atoms with Crippen LogP contribution in [0.5, 0.6) is 0 Å². The number of nitrogens with one attached hydrogen (secondary N) is 1. The van der Waals surface area contributed by atoms with E-state index in [-0.39, 0.29) is 17.0 Å². The smallest absolute Gasteiger partial charge is 0.324 e. The molecule has 10 heteroatoms. The minimum Gasteiger partial charge on any atom is -0.332 e. The van der Waals surface area contributed by atoms with Crippen LogP contribution in [0.15, 0.2) is 65.6 Å². The van der Waals surface area contributed by atoms with E-state index >= 15 is 0 Å². The summed E-state index contributed by atoms with van der Waals surface area (Å²) in [4.78, 5) is 28.1. The fourth-order valence-electron chi connectivity index (χ4n) is 4.21. The van der Waals surface area contributed by atoms with E-state index in [0.717, 1.165) is 61.7 Å². The first kappa shape index (κ1) is 33.8. The average molecular weight is 591 g/mol. The van der Waals surface area contributed by atoms with Gasteiger partial charge in [0.1, 0.15) is 0 Å². The van der Waals surface area contributed by atoms with E-state index in [2.05, 4.69) is 41.1 Å². The predicted octanol–water partition coefficient (Wildman–Crippen LogP) is 4.85. The van der Waals surface area contributed by atoms with E-state index in [0.29, 0.717) is 18.4 Å². The second kappa shape index (κ2) is 16.8. The molecule has 1 aliphatic heterocycles. The Balaban J connectivity index is 0.00000100. The zero-order valence-corrected chi connectivity index (χ0v) is 25.8. The fourth-order valence-corrected chi connectivity index (χ4v) is 4.93. The molecule has 40 heavy (non-hydrogen) atoms. The summed E-state index contributed by atoms with van der Waals surface area (Å²) in [6, 6.07) is 10.0. The van der Waals surface area contributed by atoms with E-state index in [1.807, 2.05) is 26.0 Å².